The Hall–Kier alpha value is -1.14. The molecule has 0 saturated carbocycles. The normalized spacial score (nSPS) is 13.2. The molecule has 0 heterocycles. The Morgan fingerprint density at radius 2 is 1.33 bits per heavy atom. The van der Waals surface area contributed by atoms with Crippen LogP contribution < -0.4 is 0 Å². The first kappa shape index (κ1) is 25.9. The molecule has 27 heavy (non-hydrogen) atoms. The fraction of sp³-hybridized carbons (Fsp3) is 0.905. The van der Waals surface area contributed by atoms with Gasteiger partial charge in [0.1, 0.15) is 6.61 Å². The molecule has 0 radical (unpaired) electrons. The number of hydrogen-bond donors (Lipinski definition) is 1. The first-order valence-electron chi connectivity index (χ1n) is 10.7. The van der Waals surface area contributed by atoms with Gasteiger partial charge in [0.25, 0.3) is 0 Å². The maximum absolute atomic E-state index is 12.0. The van der Waals surface area contributed by atoms with Crippen LogP contribution in [-0.2, 0) is 23.8 Å². The van der Waals surface area contributed by atoms with Crippen LogP contribution in [0.2, 0.25) is 0 Å². The van der Waals surface area contributed by atoms with E-state index in [0.29, 0.717) is 19.3 Å². The van der Waals surface area contributed by atoms with Crippen LogP contribution >= 0.6 is 0 Å². The monoisotopic (exact) mass is 388 g/mol. The Kier molecular flexibility index (Phi) is 17.5. The Labute approximate surface area is 164 Å². The van der Waals surface area contributed by atoms with Gasteiger partial charge in [0.05, 0.1) is 6.61 Å². The van der Waals surface area contributed by atoms with Gasteiger partial charge in [-0.25, -0.2) is 0 Å². The number of carbonyl (C=O) groups excluding carboxylic acids is 2. The van der Waals surface area contributed by atoms with Crippen LogP contribution in [0.15, 0.2) is 0 Å². The van der Waals surface area contributed by atoms with Crippen LogP contribution in [0.1, 0.15) is 97.8 Å². The standard InChI is InChI=1S/C21H40O6/c1-4-7-10-13-19(22)25-16-18(27-21(24)15-12-9-6-3)17-26-20(23)14-11-8-5-2/h18-19,22H,4-17H2,1-3H3. The smallest absolute Gasteiger partial charge is 0.306 e. The van der Waals surface area contributed by atoms with Gasteiger partial charge in [0.15, 0.2) is 12.4 Å². The molecule has 0 aliphatic rings. The highest BCUT2D eigenvalue weighted by Crippen LogP contribution is 2.09. The average molecular weight is 389 g/mol. The van der Waals surface area contributed by atoms with E-state index in [-0.39, 0.29) is 25.2 Å². The highest BCUT2D eigenvalue weighted by molar-refractivity contribution is 5.70. The third kappa shape index (κ3) is 16.7. The first-order chi connectivity index (χ1) is 13.0. The molecule has 0 aliphatic carbocycles. The van der Waals surface area contributed by atoms with E-state index < -0.39 is 12.4 Å². The Balaban J connectivity index is 4.34. The molecule has 1 N–H and O–H groups in total. The third-order valence-corrected chi connectivity index (χ3v) is 4.23. The number of ether oxygens (including phenoxy) is 3. The van der Waals surface area contributed by atoms with E-state index in [9.17, 15) is 14.7 Å². The van der Waals surface area contributed by atoms with Gasteiger partial charge in [-0.2, -0.15) is 0 Å². The van der Waals surface area contributed by atoms with Gasteiger partial charge in [-0.1, -0.05) is 59.3 Å². The quantitative estimate of drug-likeness (QED) is 0.211. The second-order valence-electron chi connectivity index (χ2n) is 6.99. The van der Waals surface area contributed by atoms with Crippen molar-refractivity contribution in [3.8, 4) is 0 Å². The topological polar surface area (TPSA) is 82.1 Å². The number of carbonyl (C=O) groups is 2. The van der Waals surface area contributed by atoms with Gasteiger partial charge in [-0.3, -0.25) is 9.59 Å². The molecule has 6 nitrogen and oxygen atoms in total. The van der Waals surface area contributed by atoms with Crippen molar-refractivity contribution in [2.24, 2.45) is 0 Å². The fourth-order valence-corrected chi connectivity index (χ4v) is 2.53. The molecular weight excluding hydrogens is 348 g/mol. The van der Waals surface area contributed by atoms with Crippen LogP contribution in [0.25, 0.3) is 0 Å². The Morgan fingerprint density at radius 3 is 1.93 bits per heavy atom. The fourth-order valence-electron chi connectivity index (χ4n) is 2.53. The van der Waals surface area contributed by atoms with E-state index in [2.05, 4.69) is 20.8 Å². The maximum Gasteiger partial charge on any atom is 0.306 e. The summed E-state index contributed by atoms with van der Waals surface area (Å²) in [6.45, 7) is 6.22. The summed E-state index contributed by atoms with van der Waals surface area (Å²) >= 11 is 0. The molecule has 0 bridgehead atoms. The van der Waals surface area contributed by atoms with Gasteiger partial charge in [-0.05, 0) is 25.7 Å². The van der Waals surface area contributed by atoms with Crippen molar-refractivity contribution >= 4 is 11.9 Å². The number of rotatable bonds is 18. The summed E-state index contributed by atoms with van der Waals surface area (Å²) in [5.74, 6) is -0.612. The Morgan fingerprint density at radius 1 is 0.778 bits per heavy atom. The second-order valence-corrected chi connectivity index (χ2v) is 6.99. The van der Waals surface area contributed by atoms with Crippen molar-refractivity contribution < 1.29 is 28.9 Å². The molecule has 0 spiro atoms. The number of esters is 2. The highest BCUT2D eigenvalue weighted by Gasteiger charge is 2.19. The molecule has 0 aromatic rings. The molecule has 160 valence electrons. The number of aliphatic hydroxyl groups excluding tert-OH is 1. The largest absolute Gasteiger partial charge is 0.462 e. The molecule has 6 heteroatoms. The number of unbranched alkanes of at least 4 members (excludes halogenated alkanes) is 6. The Bertz CT molecular complexity index is 372. The van der Waals surface area contributed by atoms with Gasteiger partial charge < -0.3 is 19.3 Å². The minimum Gasteiger partial charge on any atom is -0.462 e. The summed E-state index contributed by atoms with van der Waals surface area (Å²) in [6, 6.07) is 0. The molecule has 0 aromatic carbocycles. The van der Waals surface area contributed by atoms with E-state index in [4.69, 9.17) is 14.2 Å². The van der Waals surface area contributed by atoms with E-state index in [1.165, 1.54) is 0 Å². The lowest BCUT2D eigenvalue weighted by Gasteiger charge is -2.20. The zero-order valence-electron chi connectivity index (χ0n) is 17.5. The lowest BCUT2D eigenvalue weighted by molar-refractivity contribution is -0.173. The summed E-state index contributed by atoms with van der Waals surface area (Å²) < 4.78 is 16.0. The predicted octanol–water partition coefficient (Wildman–Crippen LogP) is 4.52. The van der Waals surface area contributed by atoms with Crippen molar-refractivity contribution in [3.63, 3.8) is 0 Å². The van der Waals surface area contributed by atoms with Crippen molar-refractivity contribution in [2.75, 3.05) is 13.2 Å². The lowest BCUT2D eigenvalue weighted by Crippen LogP contribution is -2.31. The van der Waals surface area contributed by atoms with Crippen LogP contribution in [0, 0.1) is 0 Å². The van der Waals surface area contributed by atoms with Crippen molar-refractivity contribution in [3.05, 3.63) is 0 Å². The van der Waals surface area contributed by atoms with Crippen LogP contribution in [0.5, 0.6) is 0 Å². The number of aliphatic hydroxyl groups is 1. The van der Waals surface area contributed by atoms with Crippen molar-refractivity contribution in [1.82, 2.24) is 0 Å². The third-order valence-electron chi connectivity index (χ3n) is 4.23. The predicted molar refractivity (Wildman–Crippen MR) is 105 cm³/mol. The molecule has 0 aliphatic heterocycles. The zero-order chi connectivity index (χ0) is 20.3. The molecule has 2 unspecified atom stereocenters. The van der Waals surface area contributed by atoms with Crippen LogP contribution in [0.3, 0.4) is 0 Å². The summed E-state index contributed by atoms with van der Waals surface area (Å²) in [4.78, 5) is 23.7. The van der Waals surface area contributed by atoms with Gasteiger partial charge in [0.2, 0.25) is 0 Å². The van der Waals surface area contributed by atoms with Gasteiger partial charge in [0, 0.05) is 12.8 Å². The molecule has 0 amide bonds. The summed E-state index contributed by atoms with van der Waals surface area (Å²) in [6.07, 6.45) is 8.25. The molecule has 0 saturated heterocycles. The van der Waals surface area contributed by atoms with Crippen LogP contribution in [-0.4, -0.2) is 42.7 Å². The van der Waals surface area contributed by atoms with Crippen LogP contribution in [0.4, 0.5) is 0 Å². The first-order valence-corrected chi connectivity index (χ1v) is 10.7. The molecule has 2 atom stereocenters. The van der Waals surface area contributed by atoms with Crippen molar-refractivity contribution in [2.45, 2.75) is 110 Å². The molecular formula is C21H40O6. The average Bonchev–Trinajstić information content (AvgIpc) is 2.64. The minimum atomic E-state index is -0.891. The second kappa shape index (κ2) is 18.2. The molecule has 0 fully saturated rings. The molecule has 0 rings (SSSR count). The van der Waals surface area contributed by atoms with E-state index in [1.807, 2.05) is 0 Å². The van der Waals surface area contributed by atoms with Gasteiger partial charge >= 0.3 is 11.9 Å². The minimum absolute atomic E-state index is 0.0229. The highest BCUT2D eigenvalue weighted by atomic mass is 16.6. The summed E-state index contributed by atoms with van der Waals surface area (Å²) in [5.41, 5.74) is 0. The van der Waals surface area contributed by atoms with Crippen molar-refractivity contribution in [1.29, 1.82) is 0 Å². The number of hydrogen-bond acceptors (Lipinski definition) is 6. The maximum atomic E-state index is 12.0. The summed E-state index contributed by atoms with van der Waals surface area (Å²) in [7, 11) is 0. The zero-order valence-corrected chi connectivity index (χ0v) is 17.5. The van der Waals surface area contributed by atoms with Gasteiger partial charge in [-0.15, -0.1) is 0 Å². The van der Waals surface area contributed by atoms with E-state index >= 15 is 0 Å². The molecule has 0 aromatic heterocycles. The van der Waals surface area contributed by atoms with E-state index in [1.54, 1.807) is 0 Å². The van der Waals surface area contributed by atoms with E-state index in [0.717, 1.165) is 57.8 Å². The SMILES string of the molecule is CCCCCC(=O)OCC(COC(O)CCCCC)OC(=O)CCCCC. The summed E-state index contributed by atoms with van der Waals surface area (Å²) in [5, 5.41) is 9.88. The lowest BCUT2D eigenvalue weighted by atomic mass is 10.2.